The highest BCUT2D eigenvalue weighted by Gasteiger charge is 2.21. The van der Waals surface area contributed by atoms with Crippen molar-refractivity contribution in [1.29, 1.82) is 0 Å². The van der Waals surface area contributed by atoms with Crippen LogP contribution >= 0.6 is 0 Å². The van der Waals surface area contributed by atoms with Crippen LogP contribution in [0.2, 0.25) is 0 Å². The van der Waals surface area contributed by atoms with E-state index in [1.54, 1.807) is 20.3 Å². The number of hydrogen-bond donors (Lipinski definition) is 1. The lowest BCUT2D eigenvalue weighted by Gasteiger charge is -2.17. The summed E-state index contributed by atoms with van der Waals surface area (Å²) < 4.78 is 6.58. The van der Waals surface area contributed by atoms with E-state index in [0.717, 1.165) is 5.69 Å². The van der Waals surface area contributed by atoms with Gasteiger partial charge in [-0.25, -0.2) is 0 Å². The summed E-state index contributed by atoms with van der Waals surface area (Å²) in [5, 5.41) is 6.82. The topological polar surface area (TPSA) is 79.7 Å². The summed E-state index contributed by atoms with van der Waals surface area (Å²) in [7, 11) is 8.60. The Balaban J connectivity index is 1.98. The fourth-order valence-electron chi connectivity index (χ4n) is 2.30. The maximum atomic E-state index is 12.5. The van der Waals surface area contributed by atoms with Crippen LogP contribution in [0.4, 0.5) is 11.4 Å². The molecule has 0 fully saturated rings. The molecule has 1 aromatic heterocycles. The molecule has 0 spiro atoms. The number of carbonyl (C=O) groups excluding carboxylic acids is 2. The number of aryl methyl sites for hydroxylation is 1. The molecule has 134 valence electrons. The average molecular weight is 345 g/mol. The molecule has 1 aromatic carbocycles. The summed E-state index contributed by atoms with van der Waals surface area (Å²) in [6, 6.07) is 7.45. The SMILES string of the molecule is COc1nn(C)cc1C(=O)N(C)CC(=O)Nc1ccc(N(C)C)cc1. The number of rotatable bonds is 6. The third-order valence-electron chi connectivity index (χ3n) is 3.61. The molecular formula is C17H23N5O3. The van der Waals surface area contributed by atoms with Crippen LogP contribution in [-0.2, 0) is 11.8 Å². The first-order valence-electron chi connectivity index (χ1n) is 7.72. The predicted octanol–water partition coefficient (Wildman–Crippen LogP) is 1.21. The molecule has 0 unspecified atom stereocenters. The molecule has 1 N–H and O–H groups in total. The lowest BCUT2D eigenvalue weighted by atomic mass is 10.2. The van der Waals surface area contributed by atoms with Gasteiger partial charge in [-0.1, -0.05) is 0 Å². The Kier molecular flexibility index (Phi) is 5.63. The van der Waals surface area contributed by atoms with Crippen molar-refractivity contribution in [2.75, 3.05) is 45.0 Å². The number of methoxy groups -OCH3 is 1. The first kappa shape index (κ1) is 18.3. The third-order valence-corrected chi connectivity index (χ3v) is 3.61. The van der Waals surface area contributed by atoms with Crippen LogP contribution in [0, 0.1) is 0 Å². The van der Waals surface area contributed by atoms with Gasteiger partial charge in [-0.3, -0.25) is 14.3 Å². The van der Waals surface area contributed by atoms with Gasteiger partial charge in [0.15, 0.2) is 0 Å². The summed E-state index contributed by atoms with van der Waals surface area (Å²) in [6.45, 7) is -0.0771. The molecule has 0 aliphatic rings. The molecule has 0 aliphatic heterocycles. The molecular weight excluding hydrogens is 322 g/mol. The van der Waals surface area contributed by atoms with Gasteiger partial charge in [0.2, 0.25) is 11.8 Å². The minimum atomic E-state index is -0.331. The van der Waals surface area contributed by atoms with E-state index in [1.807, 2.05) is 43.3 Å². The second kappa shape index (κ2) is 7.69. The molecule has 0 bridgehead atoms. The second-order valence-corrected chi connectivity index (χ2v) is 5.88. The maximum Gasteiger partial charge on any atom is 0.261 e. The Bertz CT molecular complexity index is 752. The maximum absolute atomic E-state index is 12.5. The number of amides is 2. The fourth-order valence-corrected chi connectivity index (χ4v) is 2.30. The van der Waals surface area contributed by atoms with Crippen molar-refractivity contribution in [2.24, 2.45) is 7.05 Å². The Morgan fingerprint density at radius 2 is 1.84 bits per heavy atom. The molecule has 1 heterocycles. The zero-order valence-electron chi connectivity index (χ0n) is 15.1. The summed E-state index contributed by atoms with van der Waals surface area (Å²) in [5.41, 5.74) is 2.03. The molecule has 0 saturated heterocycles. The van der Waals surface area contributed by atoms with Crippen molar-refractivity contribution in [3.05, 3.63) is 36.0 Å². The van der Waals surface area contributed by atoms with E-state index in [1.165, 1.54) is 16.7 Å². The van der Waals surface area contributed by atoms with E-state index >= 15 is 0 Å². The molecule has 0 aliphatic carbocycles. The van der Waals surface area contributed by atoms with Gasteiger partial charge in [0.05, 0.1) is 13.7 Å². The number of anilines is 2. The van der Waals surface area contributed by atoms with Crippen LogP contribution in [0.1, 0.15) is 10.4 Å². The fraction of sp³-hybridized carbons (Fsp3) is 0.353. The first-order chi connectivity index (χ1) is 11.8. The summed E-state index contributed by atoms with van der Waals surface area (Å²) in [5.74, 6) is -0.376. The lowest BCUT2D eigenvalue weighted by molar-refractivity contribution is -0.116. The van der Waals surface area contributed by atoms with Gasteiger partial charge < -0.3 is 19.9 Å². The number of carbonyl (C=O) groups is 2. The van der Waals surface area contributed by atoms with E-state index in [9.17, 15) is 9.59 Å². The van der Waals surface area contributed by atoms with Crippen LogP contribution in [0.5, 0.6) is 5.88 Å². The molecule has 0 saturated carbocycles. The second-order valence-electron chi connectivity index (χ2n) is 5.88. The molecule has 0 radical (unpaired) electrons. The first-order valence-corrected chi connectivity index (χ1v) is 7.72. The molecule has 8 nitrogen and oxygen atoms in total. The van der Waals surface area contributed by atoms with E-state index in [-0.39, 0.29) is 24.2 Å². The number of nitrogens with one attached hydrogen (secondary N) is 1. The van der Waals surface area contributed by atoms with Crippen LogP contribution in [0.15, 0.2) is 30.5 Å². The lowest BCUT2D eigenvalue weighted by Crippen LogP contribution is -2.35. The van der Waals surface area contributed by atoms with Gasteiger partial charge in [-0.05, 0) is 24.3 Å². The Hall–Kier alpha value is -3.03. The largest absolute Gasteiger partial charge is 0.479 e. The smallest absolute Gasteiger partial charge is 0.261 e. The van der Waals surface area contributed by atoms with Gasteiger partial charge in [0.1, 0.15) is 5.56 Å². The molecule has 2 aromatic rings. The summed E-state index contributed by atoms with van der Waals surface area (Å²) in [4.78, 5) is 27.9. The highest BCUT2D eigenvalue weighted by molar-refractivity contribution is 6.00. The Morgan fingerprint density at radius 1 is 1.20 bits per heavy atom. The van der Waals surface area contributed by atoms with Gasteiger partial charge in [-0.15, -0.1) is 5.10 Å². The third kappa shape index (κ3) is 4.50. The highest BCUT2D eigenvalue weighted by Crippen LogP contribution is 2.17. The zero-order chi connectivity index (χ0) is 18.6. The quantitative estimate of drug-likeness (QED) is 0.851. The number of ether oxygens (including phenoxy) is 1. The van der Waals surface area contributed by atoms with Crippen molar-refractivity contribution in [1.82, 2.24) is 14.7 Å². The Morgan fingerprint density at radius 3 is 2.40 bits per heavy atom. The van der Waals surface area contributed by atoms with Gasteiger partial charge in [0.25, 0.3) is 5.91 Å². The highest BCUT2D eigenvalue weighted by atomic mass is 16.5. The minimum absolute atomic E-state index is 0.0771. The van der Waals surface area contributed by atoms with Crippen LogP contribution < -0.4 is 15.0 Å². The molecule has 2 rings (SSSR count). The zero-order valence-corrected chi connectivity index (χ0v) is 15.1. The van der Waals surface area contributed by atoms with Crippen molar-refractivity contribution in [3.8, 4) is 5.88 Å². The monoisotopic (exact) mass is 345 g/mol. The number of benzene rings is 1. The Labute approximate surface area is 147 Å². The summed E-state index contributed by atoms with van der Waals surface area (Å²) in [6.07, 6.45) is 1.57. The molecule has 0 atom stereocenters. The van der Waals surface area contributed by atoms with Gasteiger partial charge >= 0.3 is 0 Å². The van der Waals surface area contributed by atoms with Crippen LogP contribution in [0.25, 0.3) is 0 Å². The van der Waals surface area contributed by atoms with E-state index < -0.39 is 0 Å². The van der Waals surface area contributed by atoms with Gasteiger partial charge in [-0.2, -0.15) is 0 Å². The van der Waals surface area contributed by atoms with Crippen molar-refractivity contribution >= 4 is 23.2 Å². The number of likely N-dealkylation sites (N-methyl/N-ethyl adjacent to an activating group) is 1. The van der Waals surface area contributed by atoms with Crippen molar-refractivity contribution in [3.63, 3.8) is 0 Å². The van der Waals surface area contributed by atoms with E-state index in [4.69, 9.17) is 4.74 Å². The molecule has 2 amide bonds. The summed E-state index contributed by atoms with van der Waals surface area (Å²) >= 11 is 0. The number of hydrogen-bond acceptors (Lipinski definition) is 5. The van der Waals surface area contributed by atoms with E-state index in [2.05, 4.69) is 10.4 Å². The van der Waals surface area contributed by atoms with E-state index in [0.29, 0.717) is 11.3 Å². The normalized spacial score (nSPS) is 10.3. The van der Waals surface area contributed by atoms with Crippen LogP contribution in [0.3, 0.4) is 0 Å². The van der Waals surface area contributed by atoms with Gasteiger partial charge in [0, 0.05) is 45.8 Å². The van der Waals surface area contributed by atoms with Crippen LogP contribution in [-0.4, -0.2) is 61.3 Å². The minimum Gasteiger partial charge on any atom is -0.479 e. The number of aromatic nitrogens is 2. The van der Waals surface area contributed by atoms with Crippen molar-refractivity contribution < 1.29 is 14.3 Å². The predicted molar refractivity (Wildman–Crippen MR) is 96.1 cm³/mol. The van der Waals surface area contributed by atoms with Crippen molar-refractivity contribution in [2.45, 2.75) is 0 Å². The molecule has 25 heavy (non-hydrogen) atoms. The standard InChI is InChI=1S/C17H23N5O3/c1-20(2)13-8-6-12(7-9-13)18-15(23)11-21(3)17(24)14-10-22(4)19-16(14)25-5/h6-10H,11H2,1-5H3,(H,18,23). The number of nitrogens with zero attached hydrogens (tertiary/aromatic N) is 4. The average Bonchev–Trinajstić information content (AvgIpc) is 2.95. The molecule has 8 heteroatoms.